The van der Waals surface area contributed by atoms with Crippen LogP contribution in [0.25, 0.3) is 17.1 Å². The zero-order valence-corrected chi connectivity index (χ0v) is 12.8. The van der Waals surface area contributed by atoms with Crippen LogP contribution in [0.3, 0.4) is 0 Å². The maximum atomic E-state index is 14.1. The van der Waals surface area contributed by atoms with Gasteiger partial charge in [0.25, 0.3) is 0 Å². The Morgan fingerprint density at radius 3 is 2.62 bits per heavy atom. The summed E-state index contributed by atoms with van der Waals surface area (Å²) in [5, 5.41) is 0. The molecule has 0 bridgehead atoms. The predicted octanol–water partition coefficient (Wildman–Crippen LogP) is 4.28. The molecule has 6 heteroatoms. The molecule has 4 rings (SSSR count). The van der Waals surface area contributed by atoms with Gasteiger partial charge < -0.3 is 4.74 Å². The van der Waals surface area contributed by atoms with Crippen LogP contribution in [0.15, 0.2) is 42.7 Å². The van der Waals surface area contributed by atoms with Crippen molar-refractivity contribution in [1.29, 1.82) is 0 Å². The molecule has 1 unspecified atom stereocenters. The fourth-order valence-corrected chi connectivity index (χ4v) is 3.01. The molecule has 1 aliphatic rings. The lowest BCUT2D eigenvalue weighted by Gasteiger charge is -2.11. The predicted molar refractivity (Wildman–Crippen MR) is 82.7 cm³/mol. The molecule has 0 spiro atoms. The summed E-state index contributed by atoms with van der Waals surface area (Å²) < 4.78 is 48.5. The average Bonchev–Trinajstić information content (AvgIpc) is 3.10. The molecule has 0 aliphatic carbocycles. The molecule has 1 atom stereocenters. The minimum absolute atomic E-state index is 0.0805. The van der Waals surface area contributed by atoms with Crippen molar-refractivity contribution in [3.63, 3.8) is 0 Å². The summed E-state index contributed by atoms with van der Waals surface area (Å²) in [6.45, 7) is 1.98. The van der Waals surface area contributed by atoms with Gasteiger partial charge in [0.1, 0.15) is 35.1 Å². The molecule has 1 aliphatic heterocycles. The van der Waals surface area contributed by atoms with Crippen LogP contribution in [0.4, 0.5) is 13.2 Å². The summed E-state index contributed by atoms with van der Waals surface area (Å²) in [6.07, 6.45) is 3.93. The van der Waals surface area contributed by atoms with Crippen LogP contribution < -0.4 is 4.74 Å². The summed E-state index contributed by atoms with van der Waals surface area (Å²) >= 11 is 0. The molecule has 0 radical (unpaired) electrons. The topological polar surface area (TPSA) is 27.1 Å². The number of aromatic nitrogens is 2. The van der Waals surface area contributed by atoms with Crippen molar-refractivity contribution in [2.24, 2.45) is 0 Å². The molecular formula is C18H13F3N2O. The minimum Gasteiger partial charge on any atom is -0.490 e. The third-order valence-corrected chi connectivity index (χ3v) is 4.03. The van der Waals surface area contributed by atoms with E-state index < -0.39 is 17.5 Å². The lowest BCUT2D eigenvalue weighted by Crippen LogP contribution is -2.05. The van der Waals surface area contributed by atoms with E-state index in [0.717, 1.165) is 17.7 Å². The highest BCUT2D eigenvalue weighted by atomic mass is 19.1. The molecule has 0 N–H and O–H groups in total. The van der Waals surface area contributed by atoms with E-state index in [9.17, 15) is 13.2 Å². The fourth-order valence-electron chi connectivity index (χ4n) is 3.01. The Morgan fingerprint density at radius 2 is 1.88 bits per heavy atom. The van der Waals surface area contributed by atoms with Crippen LogP contribution in [0.2, 0.25) is 0 Å². The Balaban J connectivity index is 1.84. The van der Waals surface area contributed by atoms with E-state index in [1.54, 1.807) is 16.8 Å². The number of rotatable bonds is 2. The van der Waals surface area contributed by atoms with E-state index in [0.29, 0.717) is 17.8 Å². The molecule has 1 aromatic heterocycles. The first kappa shape index (κ1) is 14.8. The Labute approximate surface area is 136 Å². The van der Waals surface area contributed by atoms with Crippen LogP contribution in [-0.2, 0) is 6.42 Å². The Bertz CT molecular complexity index is 913. The van der Waals surface area contributed by atoms with Gasteiger partial charge >= 0.3 is 0 Å². The van der Waals surface area contributed by atoms with Gasteiger partial charge in [-0.15, -0.1) is 0 Å². The SMILES string of the molecule is CC1Cc2cc(-n3ccnc3-c3c(F)cc(F)cc3F)ccc2O1. The first-order valence-corrected chi connectivity index (χ1v) is 7.51. The lowest BCUT2D eigenvalue weighted by molar-refractivity contribution is 0.254. The average molecular weight is 330 g/mol. The molecule has 0 fully saturated rings. The summed E-state index contributed by atoms with van der Waals surface area (Å²) in [7, 11) is 0. The molecule has 24 heavy (non-hydrogen) atoms. The second-order valence-corrected chi connectivity index (χ2v) is 5.79. The maximum absolute atomic E-state index is 14.1. The number of imidazole rings is 1. The van der Waals surface area contributed by atoms with Crippen molar-refractivity contribution >= 4 is 0 Å². The molecule has 2 heterocycles. The summed E-state index contributed by atoms with van der Waals surface area (Å²) in [6, 6.07) is 6.82. The van der Waals surface area contributed by atoms with Crippen LogP contribution in [0.5, 0.6) is 5.75 Å². The van der Waals surface area contributed by atoms with Gasteiger partial charge in [-0.3, -0.25) is 4.57 Å². The van der Waals surface area contributed by atoms with Crippen molar-refractivity contribution in [3.8, 4) is 22.8 Å². The summed E-state index contributed by atoms with van der Waals surface area (Å²) in [5.74, 6) is -2.05. The second kappa shape index (κ2) is 5.40. The van der Waals surface area contributed by atoms with Gasteiger partial charge in [-0.25, -0.2) is 18.2 Å². The minimum atomic E-state index is -0.988. The Kier molecular flexibility index (Phi) is 3.33. The molecule has 0 saturated carbocycles. The number of nitrogens with zero attached hydrogens (tertiary/aromatic N) is 2. The molecule has 0 amide bonds. The number of halogens is 3. The smallest absolute Gasteiger partial charge is 0.150 e. The molecule has 2 aromatic carbocycles. The zero-order valence-electron chi connectivity index (χ0n) is 12.8. The lowest BCUT2D eigenvalue weighted by atomic mass is 10.1. The van der Waals surface area contributed by atoms with Crippen LogP contribution in [-0.4, -0.2) is 15.7 Å². The molecule has 3 aromatic rings. The number of benzene rings is 2. The Morgan fingerprint density at radius 1 is 1.12 bits per heavy atom. The van der Waals surface area contributed by atoms with E-state index in [1.807, 2.05) is 19.1 Å². The van der Waals surface area contributed by atoms with Crippen molar-refractivity contribution in [2.45, 2.75) is 19.4 Å². The van der Waals surface area contributed by atoms with Crippen molar-refractivity contribution in [1.82, 2.24) is 9.55 Å². The van der Waals surface area contributed by atoms with Crippen LogP contribution in [0.1, 0.15) is 12.5 Å². The summed E-state index contributed by atoms with van der Waals surface area (Å²) in [5.41, 5.74) is 1.38. The highest BCUT2D eigenvalue weighted by molar-refractivity contribution is 5.61. The van der Waals surface area contributed by atoms with Crippen LogP contribution >= 0.6 is 0 Å². The van der Waals surface area contributed by atoms with Gasteiger partial charge in [-0.05, 0) is 30.7 Å². The number of fused-ring (bicyclic) bond motifs is 1. The van der Waals surface area contributed by atoms with E-state index in [-0.39, 0.29) is 17.5 Å². The largest absolute Gasteiger partial charge is 0.490 e. The van der Waals surface area contributed by atoms with Gasteiger partial charge in [-0.2, -0.15) is 0 Å². The monoisotopic (exact) mass is 330 g/mol. The van der Waals surface area contributed by atoms with Gasteiger partial charge in [0.05, 0.1) is 5.56 Å². The van der Waals surface area contributed by atoms with Crippen molar-refractivity contribution in [3.05, 3.63) is 65.7 Å². The van der Waals surface area contributed by atoms with Crippen molar-refractivity contribution < 1.29 is 17.9 Å². The number of hydrogen-bond donors (Lipinski definition) is 0. The zero-order chi connectivity index (χ0) is 16.8. The summed E-state index contributed by atoms with van der Waals surface area (Å²) in [4.78, 5) is 4.05. The van der Waals surface area contributed by atoms with E-state index in [4.69, 9.17) is 4.74 Å². The Hall–Kier alpha value is -2.76. The number of ether oxygens (including phenoxy) is 1. The van der Waals surface area contributed by atoms with E-state index >= 15 is 0 Å². The van der Waals surface area contributed by atoms with Gasteiger partial charge in [-0.1, -0.05) is 0 Å². The fraction of sp³-hybridized carbons (Fsp3) is 0.167. The highest BCUT2D eigenvalue weighted by Gasteiger charge is 2.22. The maximum Gasteiger partial charge on any atom is 0.150 e. The highest BCUT2D eigenvalue weighted by Crippen LogP contribution is 2.33. The third-order valence-electron chi connectivity index (χ3n) is 4.03. The standard InChI is InChI=1S/C18H13F3N2O/c1-10-6-11-7-13(2-3-16(11)24-10)23-5-4-22-18(23)17-14(20)8-12(19)9-15(17)21/h2-5,7-10H,6H2,1H3. The molecular weight excluding hydrogens is 317 g/mol. The first-order chi connectivity index (χ1) is 11.5. The second-order valence-electron chi connectivity index (χ2n) is 5.79. The molecule has 0 saturated heterocycles. The molecule has 3 nitrogen and oxygen atoms in total. The normalized spacial score (nSPS) is 16.1. The number of hydrogen-bond acceptors (Lipinski definition) is 2. The van der Waals surface area contributed by atoms with E-state index in [1.165, 1.54) is 6.20 Å². The quantitative estimate of drug-likeness (QED) is 0.701. The van der Waals surface area contributed by atoms with Crippen LogP contribution in [0, 0.1) is 17.5 Å². The van der Waals surface area contributed by atoms with Gasteiger partial charge in [0, 0.05) is 36.6 Å². The van der Waals surface area contributed by atoms with Crippen molar-refractivity contribution in [2.75, 3.05) is 0 Å². The first-order valence-electron chi connectivity index (χ1n) is 7.51. The van der Waals surface area contributed by atoms with Gasteiger partial charge in [0.15, 0.2) is 0 Å². The third kappa shape index (κ3) is 2.35. The molecule has 122 valence electrons. The van der Waals surface area contributed by atoms with Gasteiger partial charge in [0.2, 0.25) is 0 Å². The van der Waals surface area contributed by atoms with E-state index in [2.05, 4.69) is 4.98 Å².